The summed E-state index contributed by atoms with van der Waals surface area (Å²) in [5.74, 6) is -0.739. The second kappa shape index (κ2) is 4.58. The standard InChI is InChI=1S/C16H12O4/c1-20-8-9-6-7-12-13(14(9)17)16(19)11-5-3-2-4-10(11)15(12)18/h2-7,17H,8H2,1H3. The van der Waals surface area contributed by atoms with Crippen LogP contribution in [-0.2, 0) is 11.3 Å². The Morgan fingerprint density at radius 3 is 2.25 bits per heavy atom. The van der Waals surface area contributed by atoms with Gasteiger partial charge in [-0.25, -0.2) is 0 Å². The fourth-order valence-corrected chi connectivity index (χ4v) is 2.48. The van der Waals surface area contributed by atoms with Gasteiger partial charge >= 0.3 is 0 Å². The molecule has 0 unspecified atom stereocenters. The number of carbonyl (C=O) groups is 2. The number of benzene rings is 2. The van der Waals surface area contributed by atoms with Gasteiger partial charge in [-0.15, -0.1) is 0 Å². The fourth-order valence-electron chi connectivity index (χ4n) is 2.48. The largest absolute Gasteiger partial charge is 0.507 e. The molecule has 3 rings (SSSR count). The summed E-state index contributed by atoms with van der Waals surface area (Å²) >= 11 is 0. The van der Waals surface area contributed by atoms with Crippen LogP contribution in [0.15, 0.2) is 36.4 Å². The first kappa shape index (κ1) is 12.6. The van der Waals surface area contributed by atoms with Crippen LogP contribution in [0.1, 0.15) is 37.4 Å². The van der Waals surface area contributed by atoms with Crippen molar-refractivity contribution >= 4 is 11.6 Å². The van der Waals surface area contributed by atoms with E-state index in [0.29, 0.717) is 16.7 Å². The van der Waals surface area contributed by atoms with Crippen molar-refractivity contribution in [2.75, 3.05) is 7.11 Å². The predicted molar refractivity (Wildman–Crippen MR) is 72.1 cm³/mol. The van der Waals surface area contributed by atoms with Crippen molar-refractivity contribution in [3.8, 4) is 5.75 Å². The minimum Gasteiger partial charge on any atom is -0.507 e. The highest BCUT2D eigenvalue weighted by Crippen LogP contribution is 2.35. The number of aromatic hydroxyl groups is 1. The second-order valence-electron chi connectivity index (χ2n) is 4.63. The zero-order valence-corrected chi connectivity index (χ0v) is 10.8. The van der Waals surface area contributed by atoms with Gasteiger partial charge in [-0.2, -0.15) is 0 Å². The lowest BCUT2D eigenvalue weighted by molar-refractivity contribution is 0.0976. The lowest BCUT2D eigenvalue weighted by Crippen LogP contribution is -2.21. The SMILES string of the molecule is COCc1ccc2c(c1O)C(=O)c1ccccc1C2=O. The van der Waals surface area contributed by atoms with E-state index in [0.717, 1.165) is 0 Å². The molecular formula is C16H12O4. The molecule has 2 aromatic rings. The average molecular weight is 268 g/mol. The van der Waals surface area contributed by atoms with Gasteiger partial charge in [-0.05, 0) is 6.07 Å². The molecule has 0 bridgehead atoms. The lowest BCUT2D eigenvalue weighted by Gasteiger charge is -2.19. The van der Waals surface area contributed by atoms with E-state index in [1.165, 1.54) is 7.11 Å². The van der Waals surface area contributed by atoms with Gasteiger partial charge in [0.25, 0.3) is 0 Å². The molecule has 0 amide bonds. The summed E-state index contributed by atoms with van der Waals surface area (Å²) in [4.78, 5) is 24.9. The van der Waals surface area contributed by atoms with Crippen molar-refractivity contribution in [3.05, 3.63) is 64.2 Å². The number of carbonyl (C=O) groups excluding carboxylic acids is 2. The summed E-state index contributed by atoms with van der Waals surface area (Å²) in [5.41, 5.74) is 1.51. The third-order valence-corrected chi connectivity index (χ3v) is 3.45. The number of phenolic OH excluding ortho intramolecular Hbond substituents is 1. The van der Waals surface area contributed by atoms with Crippen molar-refractivity contribution in [1.82, 2.24) is 0 Å². The molecule has 0 aliphatic heterocycles. The van der Waals surface area contributed by atoms with Crippen molar-refractivity contribution in [2.24, 2.45) is 0 Å². The lowest BCUT2D eigenvalue weighted by atomic mass is 9.83. The van der Waals surface area contributed by atoms with Gasteiger partial charge in [-0.3, -0.25) is 9.59 Å². The molecule has 0 atom stereocenters. The number of methoxy groups -OCH3 is 1. The number of rotatable bonds is 2. The van der Waals surface area contributed by atoms with Crippen LogP contribution in [0, 0.1) is 0 Å². The van der Waals surface area contributed by atoms with E-state index in [4.69, 9.17) is 4.74 Å². The van der Waals surface area contributed by atoms with Crippen LogP contribution in [0.4, 0.5) is 0 Å². The molecule has 0 fully saturated rings. The Morgan fingerprint density at radius 1 is 0.950 bits per heavy atom. The normalized spacial score (nSPS) is 13.1. The van der Waals surface area contributed by atoms with Crippen LogP contribution < -0.4 is 0 Å². The number of phenols is 1. The summed E-state index contributed by atoms with van der Waals surface area (Å²) in [5, 5.41) is 10.2. The molecule has 1 aliphatic carbocycles. The third-order valence-electron chi connectivity index (χ3n) is 3.45. The second-order valence-corrected chi connectivity index (χ2v) is 4.63. The van der Waals surface area contributed by atoms with Crippen LogP contribution in [0.25, 0.3) is 0 Å². The van der Waals surface area contributed by atoms with E-state index in [2.05, 4.69) is 0 Å². The van der Waals surface area contributed by atoms with Crippen molar-refractivity contribution < 1.29 is 19.4 Å². The average Bonchev–Trinajstić information content (AvgIpc) is 2.47. The van der Waals surface area contributed by atoms with Gasteiger partial charge in [-0.1, -0.05) is 30.3 Å². The summed E-state index contributed by atoms with van der Waals surface area (Å²) in [6.07, 6.45) is 0. The van der Waals surface area contributed by atoms with Gasteiger partial charge in [0.15, 0.2) is 11.6 Å². The molecule has 1 aliphatic rings. The quantitative estimate of drug-likeness (QED) is 0.774. The molecule has 4 nitrogen and oxygen atoms in total. The summed E-state index contributed by atoms with van der Waals surface area (Å²) in [7, 11) is 1.50. The summed E-state index contributed by atoms with van der Waals surface area (Å²) in [6.45, 7) is 0.183. The number of hydrogen-bond acceptors (Lipinski definition) is 4. The molecule has 0 heterocycles. The maximum Gasteiger partial charge on any atom is 0.198 e. The van der Waals surface area contributed by atoms with Crippen molar-refractivity contribution in [1.29, 1.82) is 0 Å². The van der Waals surface area contributed by atoms with E-state index >= 15 is 0 Å². The number of ketones is 2. The highest BCUT2D eigenvalue weighted by molar-refractivity contribution is 6.29. The molecular weight excluding hydrogens is 256 g/mol. The number of hydrogen-bond donors (Lipinski definition) is 1. The topological polar surface area (TPSA) is 63.6 Å². The van der Waals surface area contributed by atoms with Crippen LogP contribution in [0.5, 0.6) is 5.75 Å². The Morgan fingerprint density at radius 2 is 1.60 bits per heavy atom. The van der Waals surface area contributed by atoms with Gasteiger partial charge in [0, 0.05) is 29.4 Å². The van der Waals surface area contributed by atoms with Crippen LogP contribution in [-0.4, -0.2) is 23.8 Å². The molecule has 0 saturated carbocycles. The smallest absolute Gasteiger partial charge is 0.198 e. The summed E-state index contributed by atoms with van der Waals surface area (Å²) in [6, 6.07) is 9.81. The Bertz CT molecular complexity index is 731. The molecule has 20 heavy (non-hydrogen) atoms. The van der Waals surface area contributed by atoms with Gasteiger partial charge in [0.05, 0.1) is 12.2 Å². The Hall–Kier alpha value is -2.46. The van der Waals surface area contributed by atoms with E-state index in [-0.39, 0.29) is 35.0 Å². The van der Waals surface area contributed by atoms with Crippen LogP contribution in [0.3, 0.4) is 0 Å². The first-order valence-corrected chi connectivity index (χ1v) is 6.17. The first-order valence-electron chi connectivity index (χ1n) is 6.17. The predicted octanol–water partition coefficient (Wildman–Crippen LogP) is 2.31. The van der Waals surface area contributed by atoms with E-state index < -0.39 is 0 Å². The molecule has 0 saturated heterocycles. The Labute approximate surface area is 115 Å². The van der Waals surface area contributed by atoms with Crippen molar-refractivity contribution in [2.45, 2.75) is 6.61 Å². The highest BCUT2D eigenvalue weighted by Gasteiger charge is 2.32. The van der Waals surface area contributed by atoms with Gasteiger partial charge in [0.2, 0.25) is 0 Å². The maximum atomic E-state index is 12.5. The Balaban J connectivity index is 2.26. The minimum atomic E-state index is -0.328. The highest BCUT2D eigenvalue weighted by atomic mass is 16.5. The molecule has 4 heteroatoms. The van der Waals surface area contributed by atoms with Crippen molar-refractivity contribution in [3.63, 3.8) is 0 Å². The maximum absolute atomic E-state index is 12.5. The molecule has 0 radical (unpaired) electrons. The zero-order valence-electron chi connectivity index (χ0n) is 10.8. The first-order chi connectivity index (χ1) is 9.65. The van der Waals surface area contributed by atoms with E-state index in [1.807, 2.05) is 0 Å². The molecule has 2 aromatic carbocycles. The van der Waals surface area contributed by atoms with Crippen LogP contribution >= 0.6 is 0 Å². The Kier molecular flexibility index (Phi) is 2.88. The minimum absolute atomic E-state index is 0.0725. The molecule has 100 valence electrons. The van der Waals surface area contributed by atoms with Crippen LogP contribution in [0.2, 0.25) is 0 Å². The molecule has 1 N–H and O–H groups in total. The summed E-state index contributed by atoms with van der Waals surface area (Å²) < 4.78 is 4.98. The van der Waals surface area contributed by atoms with E-state index in [1.54, 1.807) is 36.4 Å². The number of fused-ring (bicyclic) bond motifs is 2. The molecule has 0 aromatic heterocycles. The third kappa shape index (κ3) is 1.66. The van der Waals surface area contributed by atoms with Gasteiger partial charge in [0.1, 0.15) is 5.75 Å². The zero-order chi connectivity index (χ0) is 14.3. The fraction of sp³-hybridized carbons (Fsp3) is 0.125. The van der Waals surface area contributed by atoms with E-state index in [9.17, 15) is 14.7 Å². The van der Waals surface area contributed by atoms with Gasteiger partial charge < -0.3 is 9.84 Å². The monoisotopic (exact) mass is 268 g/mol. The number of ether oxygens (including phenoxy) is 1. The molecule has 0 spiro atoms.